The average Bonchev–Trinajstić information content (AvgIpc) is 2.51. The van der Waals surface area contributed by atoms with Gasteiger partial charge in [0.05, 0.1) is 27.8 Å². The summed E-state index contributed by atoms with van der Waals surface area (Å²) in [5, 5.41) is 8.96. The van der Waals surface area contributed by atoms with E-state index in [1.165, 1.54) is 6.20 Å². The molecule has 1 aliphatic heterocycles. The van der Waals surface area contributed by atoms with Crippen LogP contribution in [0.4, 0.5) is 4.39 Å². The zero-order chi connectivity index (χ0) is 16.9. The number of rotatable bonds is 3. The van der Waals surface area contributed by atoms with Gasteiger partial charge in [0, 0.05) is 6.20 Å². The van der Waals surface area contributed by atoms with Crippen LogP contribution in [0.3, 0.4) is 0 Å². The first kappa shape index (κ1) is 15.7. The number of benzene rings is 1. The largest absolute Gasteiger partial charge is 0.488 e. The number of aromatic carboxylic acids is 1. The molecule has 0 fully saturated rings. The van der Waals surface area contributed by atoms with Gasteiger partial charge in [0.1, 0.15) is 18.0 Å². The van der Waals surface area contributed by atoms with Crippen LogP contribution in [-0.4, -0.2) is 33.4 Å². The number of aromatic nitrogens is 1. The van der Waals surface area contributed by atoms with Gasteiger partial charge in [0.15, 0.2) is 11.5 Å². The minimum atomic E-state index is -1.39. The monoisotopic (exact) mass is 383 g/mol. The molecule has 1 unspecified atom stereocenters. The molecule has 1 N–H and O–H groups in total. The molecule has 2 heterocycles. The van der Waals surface area contributed by atoms with Crippen molar-refractivity contribution in [2.45, 2.75) is 13.0 Å². The minimum absolute atomic E-state index is 0.0170. The Bertz CT molecular complexity index is 920. The number of halogens is 2. The van der Waals surface area contributed by atoms with Gasteiger partial charge in [-0.05, 0) is 13.0 Å². The minimum Gasteiger partial charge on any atom is -0.488 e. The summed E-state index contributed by atoms with van der Waals surface area (Å²) in [4.78, 5) is 35.6. The molecule has 2 aromatic rings. The molecule has 0 saturated heterocycles. The number of carboxylic acid groups (broad SMARTS) is 1. The molecule has 1 aromatic carbocycles. The molecule has 120 valence electrons. The number of hydrogen-bond acceptors (Lipinski definition) is 4. The van der Waals surface area contributed by atoms with E-state index >= 15 is 0 Å². The predicted octanol–water partition coefficient (Wildman–Crippen LogP) is 2.37. The predicted molar refractivity (Wildman–Crippen MR) is 83.5 cm³/mol. The highest BCUT2D eigenvalue weighted by molar-refractivity contribution is 9.09. The third-order valence-corrected chi connectivity index (χ3v) is 4.31. The molecule has 6 nitrogen and oxygen atoms in total. The summed E-state index contributed by atoms with van der Waals surface area (Å²) < 4.78 is 21.4. The number of Topliss-reactive ketones (excluding diaryl/α,β-unsaturated/α-hetero) is 1. The second-order valence-corrected chi connectivity index (χ2v) is 5.82. The summed E-state index contributed by atoms with van der Waals surface area (Å²) >= 11 is 2.99. The molecule has 0 radical (unpaired) electrons. The van der Waals surface area contributed by atoms with Gasteiger partial charge >= 0.3 is 5.97 Å². The summed E-state index contributed by atoms with van der Waals surface area (Å²) in [7, 11) is 0. The topological polar surface area (TPSA) is 85.6 Å². The van der Waals surface area contributed by atoms with Crippen molar-refractivity contribution >= 4 is 38.6 Å². The molecular weight excluding hydrogens is 373 g/mol. The van der Waals surface area contributed by atoms with Gasteiger partial charge in [-0.15, -0.1) is 0 Å². The number of ether oxygens (including phenoxy) is 1. The Morgan fingerprint density at radius 2 is 2.22 bits per heavy atom. The maximum absolute atomic E-state index is 14.4. The second kappa shape index (κ2) is 5.45. The van der Waals surface area contributed by atoms with E-state index in [9.17, 15) is 23.9 Å². The SMILES string of the molecule is CC1COc2c(C(=O)CBr)c(F)cc3c(=O)c(C(=O)O)cn1c23. The van der Waals surface area contributed by atoms with Crippen molar-refractivity contribution in [2.24, 2.45) is 0 Å². The van der Waals surface area contributed by atoms with Crippen LogP contribution in [0.25, 0.3) is 10.9 Å². The number of carbonyl (C=O) groups is 2. The normalized spacial score (nSPS) is 16.2. The molecule has 1 aliphatic rings. The number of hydrogen-bond donors (Lipinski definition) is 1. The van der Waals surface area contributed by atoms with E-state index < -0.39 is 28.6 Å². The van der Waals surface area contributed by atoms with E-state index in [0.717, 1.165) is 6.07 Å². The van der Waals surface area contributed by atoms with Crippen LogP contribution in [0, 0.1) is 5.82 Å². The Hall–Kier alpha value is -2.22. The highest BCUT2D eigenvalue weighted by atomic mass is 79.9. The van der Waals surface area contributed by atoms with Gasteiger partial charge in [0.2, 0.25) is 5.43 Å². The van der Waals surface area contributed by atoms with Crippen LogP contribution in [0.1, 0.15) is 33.7 Å². The Balaban J connectivity index is 2.53. The summed E-state index contributed by atoms with van der Waals surface area (Å²) in [6.07, 6.45) is 1.21. The number of carbonyl (C=O) groups excluding carboxylic acids is 1. The fraction of sp³-hybridized carbons (Fsp3) is 0.267. The third kappa shape index (κ3) is 2.24. The lowest BCUT2D eigenvalue weighted by Gasteiger charge is -2.28. The summed E-state index contributed by atoms with van der Waals surface area (Å²) in [5.41, 5.74) is -1.25. The smallest absolute Gasteiger partial charge is 0.341 e. The first-order valence-corrected chi connectivity index (χ1v) is 7.85. The van der Waals surface area contributed by atoms with E-state index in [2.05, 4.69) is 15.9 Å². The zero-order valence-electron chi connectivity index (χ0n) is 11.9. The average molecular weight is 384 g/mol. The fourth-order valence-electron chi connectivity index (χ4n) is 2.70. The first-order valence-electron chi connectivity index (χ1n) is 6.73. The Labute approximate surface area is 137 Å². The van der Waals surface area contributed by atoms with E-state index in [4.69, 9.17) is 4.74 Å². The molecule has 0 saturated carbocycles. The van der Waals surface area contributed by atoms with E-state index in [0.29, 0.717) is 0 Å². The van der Waals surface area contributed by atoms with Gasteiger partial charge in [-0.2, -0.15) is 0 Å². The van der Waals surface area contributed by atoms with E-state index in [1.807, 2.05) is 0 Å². The molecule has 1 aromatic heterocycles. The van der Waals surface area contributed by atoms with Crippen molar-refractivity contribution in [1.29, 1.82) is 0 Å². The Morgan fingerprint density at radius 1 is 1.52 bits per heavy atom. The van der Waals surface area contributed by atoms with Crippen LogP contribution in [0.2, 0.25) is 0 Å². The number of pyridine rings is 1. The van der Waals surface area contributed by atoms with E-state index in [1.54, 1.807) is 11.5 Å². The van der Waals surface area contributed by atoms with E-state index in [-0.39, 0.29) is 40.2 Å². The molecule has 1 atom stereocenters. The molecule has 23 heavy (non-hydrogen) atoms. The zero-order valence-corrected chi connectivity index (χ0v) is 13.5. The van der Waals surface area contributed by atoms with Crippen LogP contribution in [0.5, 0.6) is 5.75 Å². The lowest BCUT2D eigenvalue weighted by Crippen LogP contribution is -2.28. The van der Waals surface area contributed by atoms with Crippen molar-refractivity contribution in [3.8, 4) is 5.75 Å². The van der Waals surface area contributed by atoms with Crippen LogP contribution in [0.15, 0.2) is 17.1 Å². The lowest BCUT2D eigenvalue weighted by molar-refractivity contribution is 0.0694. The quantitative estimate of drug-likeness (QED) is 0.649. The van der Waals surface area contributed by atoms with Crippen molar-refractivity contribution in [3.63, 3.8) is 0 Å². The molecule has 0 amide bonds. The summed E-state index contributed by atoms with van der Waals surface area (Å²) in [5.74, 6) is -2.83. The summed E-state index contributed by atoms with van der Waals surface area (Å²) in [6, 6.07) is 0.641. The molecule has 8 heteroatoms. The maximum Gasteiger partial charge on any atom is 0.341 e. The third-order valence-electron chi connectivity index (χ3n) is 3.80. The number of nitrogens with zero attached hydrogens (tertiary/aromatic N) is 1. The van der Waals surface area contributed by atoms with Crippen molar-refractivity contribution in [3.05, 3.63) is 39.4 Å². The molecule has 0 spiro atoms. The van der Waals surface area contributed by atoms with Crippen LogP contribution < -0.4 is 10.2 Å². The van der Waals surface area contributed by atoms with Gasteiger partial charge in [-0.1, -0.05) is 15.9 Å². The van der Waals surface area contributed by atoms with Crippen LogP contribution >= 0.6 is 15.9 Å². The standard InChI is InChI=1S/C15H11BrFNO5/c1-6-5-23-14-11(10(19)3-16)9(17)2-7-12(14)18(6)4-8(13(7)20)15(21)22/h2,4,6H,3,5H2,1H3,(H,21,22). The fourth-order valence-corrected chi connectivity index (χ4v) is 2.98. The molecule has 0 bridgehead atoms. The highest BCUT2D eigenvalue weighted by Crippen LogP contribution is 2.36. The Morgan fingerprint density at radius 3 is 2.83 bits per heavy atom. The lowest BCUT2D eigenvalue weighted by atomic mass is 10.0. The molecular formula is C15H11BrFNO5. The number of alkyl halides is 1. The molecule has 3 rings (SSSR count). The Kier molecular flexibility index (Phi) is 3.71. The number of carboxylic acids is 1. The second-order valence-electron chi connectivity index (χ2n) is 5.26. The van der Waals surface area contributed by atoms with Crippen molar-refractivity contribution in [1.82, 2.24) is 4.57 Å². The molecule has 0 aliphatic carbocycles. The van der Waals surface area contributed by atoms with Gasteiger partial charge in [0.25, 0.3) is 0 Å². The van der Waals surface area contributed by atoms with Crippen molar-refractivity contribution < 1.29 is 23.8 Å². The van der Waals surface area contributed by atoms with Gasteiger partial charge < -0.3 is 14.4 Å². The highest BCUT2D eigenvalue weighted by Gasteiger charge is 2.29. The number of ketones is 1. The van der Waals surface area contributed by atoms with Crippen molar-refractivity contribution in [2.75, 3.05) is 11.9 Å². The van der Waals surface area contributed by atoms with Crippen LogP contribution in [-0.2, 0) is 0 Å². The maximum atomic E-state index is 14.4. The first-order chi connectivity index (χ1) is 10.9. The van der Waals surface area contributed by atoms with Gasteiger partial charge in [-0.3, -0.25) is 9.59 Å². The summed E-state index contributed by atoms with van der Waals surface area (Å²) in [6.45, 7) is 1.91. The van der Waals surface area contributed by atoms with Gasteiger partial charge in [-0.25, -0.2) is 9.18 Å².